The molecule has 1 nitrogen and oxygen atoms in total. The Balaban J connectivity index is 0.00000294. The predicted molar refractivity (Wildman–Crippen MR) is 162 cm³/mol. The normalized spacial score (nSPS) is 16.8. The number of alkyl halides is 2. The summed E-state index contributed by atoms with van der Waals surface area (Å²) >= 11 is 14.5. The molecule has 2 unspecified atom stereocenters. The van der Waals surface area contributed by atoms with Crippen LogP contribution in [0.25, 0.3) is 22.3 Å². The smallest absolute Gasteiger partial charge is 0.242 e. The molecule has 0 aliphatic heterocycles. The summed E-state index contributed by atoms with van der Waals surface area (Å²) in [5.74, 6) is 1.02. The molecule has 0 fully saturated rings. The summed E-state index contributed by atoms with van der Waals surface area (Å²) in [6.07, 6.45) is 0.957. The fraction of sp³-hybridized carbons (Fsp3) is 0.250. The third-order valence-electron chi connectivity index (χ3n) is 7.43. The number of halogens is 2. The van der Waals surface area contributed by atoms with E-state index in [-0.39, 0.29) is 37.0 Å². The predicted octanol–water partition coefficient (Wildman–Crippen LogP) is 8.04. The van der Waals surface area contributed by atoms with E-state index in [1.54, 1.807) is 0 Å². The monoisotopic (exact) mass is 646 g/mol. The van der Waals surface area contributed by atoms with Crippen molar-refractivity contribution in [3.63, 3.8) is 0 Å². The summed E-state index contributed by atoms with van der Waals surface area (Å²) in [6.45, 7) is 11.2. The van der Waals surface area contributed by atoms with Gasteiger partial charge in [0.05, 0.1) is 10.8 Å². The molecule has 0 heterocycles. The van der Waals surface area contributed by atoms with Crippen molar-refractivity contribution in [2.24, 2.45) is 0 Å². The maximum absolute atomic E-state index is 7.27. The van der Waals surface area contributed by atoms with Crippen molar-refractivity contribution in [1.29, 1.82) is 0 Å². The van der Waals surface area contributed by atoms with Gasteiger partial charge < -0.3 is 4.43 Å². The Labute approximate surface area is 259 Å². The van der Waals surface area contributed by atoms with Crippen LogP contribution in [0.4, 0.5) is 0 Å². The van der Waals surface area contributed by atoms with Gasteiger partial charge in [-0.05, 0) is 105 Å². The molecule has 2 aliphatic rings. The molecule has 38 heavy (non-hydrogen) atoms. The van der Waals surface area contributed by atoms with Crippen LogP contribution in [0.5, 0.6) is 5.75 Å². The summed E-state index contributed by atoms with van der Waals surface area (Å²) in [5, 5.41) is 2.26. The standard InChI is InChI=1S/C32H30Cl2OSi2.Zr/c1-6-19-15-16-22-20-11-7-9-13-23(20)28(33)26(22)31(19)36-32-27-25(17-18(2)30(32)35-37(3,4)5)21-12-8-10-14-24(21)29(27)34;/h7-17,28-29H,6H2,1-5H3;. The van der Waals surface area contributed by atoms with Crippen molar-refractivity contribution < 1.29 is 30.6 Å². The first-order valence-corrected chi connectivity index (χ1v) is 18.2. The summed E-state index contributed by atoms with van der Waals surface area (Å²) in [7, 11) is -1.48. The largest absolute Gasteiger partial charge is 0.544 e. The first-order chi connectivity index (χ1) is 17.7. The van der Waals surface area contributed by atoms with Crippen molar-refractivity contribution in [1.82, 2.24) is 0 Å². The fourth-order valence-electron chi connectivity index (χ4n) is 5.83. The van der Waals surface area contributed by atoms with Gasteiger partial charge in [-0.1, -0.05) is 67.6 Å². The minimum atomic E-state index is -1.88. The van der Waals surface area contributed by atoms with Crippen molar-refractivity contribution in [3.8, 4) is 28.0 Å². The van der Waals surface area contributed by atoms with Crippen LogP contribution in [0.15, 0.2) is 66.7 Å². The quantitative estimate of drug-likeness (QED) is 0.157. The zero-order chi connectivity index (χ0) is 26.1. The van der Waals surface area contributed by atoms with Crippen LogP contribution in [0.1, 0.15) is 51.1 Å². The molecule has 2 radical (unpaired) electrons. The van der Waals surface area contributed by atoms with Gasteiger partial charge in [0.15, 0.2) is 0 Å². The average Bonchev–Trinajstić information content (AvgIpc) is 3.32. The van der Waals surface area contributed by atoms with Crippen LogP contribution in [0.2, 0.25) is 19.6 Å². The van der Waals surface area contributed by atoms with Crippen LogP contribution >= 0.6 is 23.2 Å². The van der Waals surface area contributed by atoms with E-state index in [0.717, 1.165) is 12.2 Å². The number of hydrogen-bond acceptors (Lipinski definition) is 1. The average molecular weight is 649 g/mol. The Morgan fingerprint density at radius 2 is 1.32 bits per heavy atom. The molecule has 0 spiro atoms. The van der Waals surface area contributed by atoms with E-state index < -0.39 is 8.32 Å². The maximum atomic E-state index is 7.27. The Kier molecular flexibility index (Phi) is 7.79. The van der Waals surface area contributed by atoms with Gasteiger partial charge >= 0.3 is 0 Å². The maximum Gasteiger partial charge on any atom is 0.242 e. The van der Waals surface area contributed by atoms with E-state index in [0.29, 0.717) is 9.52 Å². The molecule has 2 atom stereocenters. The van der Waals surface area contributed by atoms with Crippen molar-refractivity contribution >= 4 is 51.4 Å². The zero-order valence-electron chi connectivity index (χ0n) is 22.4. The molecular weight excluding hydrogens is 619 g/mol. The van der Waals surface area contributed by atoms with Crippen LogP contribution in [-0.2, 0) is 32.6 Å². The van der Waals surface area contributed by atoms with Crippen LogP contribution in [0.3, 0.4) is 0 Å². The molecule has 6 heteroatoms. The van der Waals surface area contributed by atoms with Gasteiger partial charge in [-0.2, -0.15) is 0 Å². The molecule has 0 N–H and O–H groups in total. The number of benzene rings is 4. The van der Waals surface area contributed by atoms with E-state index in [9.17, 15) is 0 Å². The molecule has 0 bridgehead atoms. The van der Waals surface area contributed by atoms with Gasteiger partial charge in [-0.15, -0.1) is 23.2 Å². The summed E-state index contributed by atoms with van der Waals surface area (Å²) in [4.78, 5) is 0. The van der Waals surface area contributed by atoms with Gasteiger partial charge in [0.1, 0.15) is 15.3 Å². The van der Waals surface area contributed by atoms with E-state index in [1.807, 2.05) is 0 Å². The van der Waals surface area contributed by atoms with Gasteiger partial charge in [0.25, 0.3) is 0 Å². The minimum absolute atomic E-state index is 0. The minimum Gasteiger partial charge on any atom is -0.544 e. The summed E-state index contributed by atoms with van der Waals surface area (Å²) in [6, 6.07) is 24.0. The van der Waals surface area contributed by atoms with Crippen LogP contribution < -0.4 is 14.8 Å². The molecule has 2 aliphatic carbocycles. The molecular formula is C32H30Cl2OSi2Zr. The van der Waals surface area contributed by atoms with Crippen molar-refractivity contribution in [2.45, 2.75) is 50.7 Å². The molecule has 0 aromatic heterocycles. The Bertz CT molecular complexity index is 1560. The second-order valence-electron chi connectivity index (χ2n) is 11.0. The van der Waals surface area contributed by atoms with Crippen molar-refractivity contribution in [3.05, 3.63) is 100 Å². The Morgan fingerprint density at radius 3 is 1.89 bits per heavy atom. The van der Waals surface area contributed by atoms with E-state index in [2.05, 4.69) is 100 Å². The number of hydrogen-bond donors (Lipinski definition) is 0. The first kappa shape index (κ1) is 28.1. The molecule has 0 saturated heterocycles. The molecule has 4 aromatic carbocycles. The molecule has 6 rings (SSSR count). The molecule has 4 aromatic rings. The number of rotatable bonds is 5. The van der Waals surface area contributed by atoms with Crippen LogP contribution in [-0.4, -0.2) is 17.8 Å². The first-order valence-electron chi connectivity index (χ1n) is 13.0. The number of aryl methyl sites for hydroxylation is 2. The molecule has 190 valence electrons. The van der Waals surface area contributed by atoms with Gasteiger partial charge in [-0.3, -0.25) is 0 Å². The number of fused-ring (bicyclic) bond motifs is 6. The Hall–Kier alpha value is -1.42. The van der Waals surface area contributed by atoms with E-state index >= 15 is 0 Å². The Morgan fingerprint density at radius 1 is 0.763 bits per heavy atom. The van der Waals surface area contributed by atoms with Gasteiger partial charge in [0.2, 0.25) is 8.32 Å². The fourth-order valence-corrected chi connectivity index (χ4v) is 9.68. The van der Waals surface area contributed by atoms with Gasteiger partial charge in [-0.25, -0.2) is 0 Å². The van der Waals surface area contributed by atoms with Crippen LogP contribution in [0, 0.1) is 6.92 Å². The van der Waals surface area contributed by atoms with Gasteiger partial charge in [0, 0.05) is 26.2 Å². The van der Waals surface area contributed by atoms with E-state index in [1.165, 1.54) is 66.0 Å². The molecule has 0 saturated carbocycles. The summed E-state index contributed by atoms with van der Waals surface area (Å²) in [5.41, 5.74) is 12.4. The zero-order valence-corrected chi connectivity index (χ0v) is 28.3. The molecule has 0 amide bonds. The van der Waals surface area contributed by atoms with Crippen molar-refractivity contribution in [2.75, 3.05) is 0 Å². The topological polar surface area (TPSA) is 9.23 Å². The SMILES string of the molecule is CCc1ccc2c(c1[Si]c1c(O[Si](C)(C)C)c(C)cc3c1C(Cl)c1ccccc1-3)C(Cl)c1ccccc1-2.[Zr]. The third kappa shape index (κ3) is 4.55. The second kappa shape index (κ2) is 10.5. The second-order valence-corrected chi connectivity index (χ2v) is 17.6. The summed E-state index contributed by atoms with van der Waals surface area (Å²) < 4.78 is 6.84. The third-order valence-corrected chi connectivity index (χ3v) is 10.7. The van der Waals surface area contributed by atoms with E-state index in [4.69, 9.17) is 27.6 Å².